The molecule has 0 saturated carbocycles. The van der Waals surface area contributed by atoms with Crippen LogP contribution >= 0.6 is 0 Å². The summed E-state index contributed by atoms with van der Waals surface area (Å²) >= 11 is 0. The smallest absolute Gasteiger partial charge is 0.293 e. The standard InChI is InChI=1S/C14H20N2O3/c1-8-11-9(6-14(2,3)7-10(11)17)15-12(8)13(18)16(4)19-5/h15H,6-7H2,1-5H3. The maximum absolute atomic E-state index is 12.2. The molecule has 0 atom stereocenters. The Morgan fingerprint density at radius 2 is 2.00 bits per heavy atom. The lowest BCUT2D eigenvalue weighted by atomic mass is 9.75. The summed E-state index contributed by atoms with van der Waals surface area (Å²) in [6.45, 7) is 5.93. The lowest BCUT2D eigenvalue weighted by molar-refractivity contribution is -0.0760. The van der Waals surface area contributed by atoms with Gasteiger partial charge in [0.1, 0.15) is 5.69 Å². The normalized spacial score (nSPS) is 17.2. The van der Waals surface area contributed by atoms with Crippen molar-refractivity contribution in [2.24, 2.45) is 5.41 Å². The molecule has 1 aliphatic carbocycles. The Labute approximate surface area is 112 Å². The molecule has 0 saturated heterocycles. The van der Waals surface area contributed by atoms with Crippen LogP contribution in [0.3, 0.4) is 0 Å². The van der Waals surface area contributed by atoms with E-state index >= 15 is 0 Å². The number of carbonyl (C=O) groups is 2. The Morgan fingerprint density at radius 1 is 1.37 bits per heavy atom. The number of carbonyl (C=O) groups excluding carboxylic acids is 2. The van der Waals surface area contributed by atoms with Gasteiger partial charge in [-0.1, -0.05) is 13.8 Å². The van der Waals surface area contributed by atoms with Gasteiger partial charge in [-0.15, -0.1) is 0 Å². The molecule has 1 aromatic heterocycles. The molecule has 0 aromatic carbocycles. The van der Waals surface area contributed by atoms with Crippen LogP contribution in [0, 0.1) is 12.3 Å². The van der Waals surface area contributed by atoms with Crippen molar-refractivity contribution in [1.82, 2.24) is 10.0 Å². The van der Waals surface area contributed by atoms with Crippen molar-refractivity contribution in [3.63, 3.8) is 0 Å². The van der Waals surface area contributed by atoms with E-state index < -0.39 is 0 Å². The van der Waals surface area contributed by atoms with E-state index in [-0.39, 0.29) is 17.1 Å². The second kappa shape index (κ2) is 4.49. The molecule has 1 amide bonds. The molecule has 1 N–H and O–H groups in total. The van der Waals surface area contributed by atoms with Gasteiger partial charge < -0.3 is 4.98 Å². The van der Waals surface area contributed by atoms with Crippen molar-refractivity contribution in [3.8, 4) is 0 Å². The largest absolute Gasteiger partial charge is 0.353 e. The first-order valence-corrected chi connectivity index (χ1v) is 6.33. The Morgan fingerprint density at radius 3 is 2.58 bits per heavy atom. The van der Waals surface area contributed by atoms with Gasteiger partial charge >= 0.3 is 0 Å². The summed E-state index contributed by atoms with van der Waals surface area (Å²) in [6.07, 6.45) is 1.30. The number of nitrogens with zero attached hydrogens (tertiary/aromatic N) is 1. The highest BCUT2D eigenvalue weighted by Gasteiger charge is 2.35. The van der Waals surface area contributed by atoms with Crippen molar-refractivity contribution < 1.29 is 14.4 Å². The molecule has 0 spiro atoms. The summed E-state index contributed by atoms with van der Waals surface area (Å²) in [6, 6.07) is 0. The Bertz CT molecular complexity index is 543. The second-order valence-corrected chi connectivity index (χ2v) is 5.90. The number of H-pyrrole nitrogens is 1. The number of hydrogen-bond donors (Lipinski definition) is 1. The third kappa shape index (κ3) is 2.30. The molecule has 2 rings (SSSR count). The zero-order valence-corrected chi connectivity index (χ0v) is 12.1. The minimum Gasteiger partial charge on any atom is -0.353 e. The van der Waals surface area contributed by atoms with Crippen molar-refractivity contribution in [2.75, 3.05) is 14.2 Å². The van der Waals surface area contributed by atoms with E-state index in [0.717, 1.165) is 22.7 Å². The van der Waals surface area contributed by atoms with E-state index in [1.165, 1.54) is 7.11 Å². The summed E-state index contributed by atoms with van der Waals surface area (Å²) in [5, 5.41) is 1.15. The summed E-state index contributed by atoms with van der Waals surface area (Å²) in [4.78, 5) is 32.4. The van der Waals surface area contributed by atoms with Crippen LogP contribution in [0.1, 0.15) is 52.4 Å². The third-order valence-corrected chi connectivity index (χ3v) is 3.67. The third-order valence-electron chi connectivity index (χ3n) is 3.67. The number of hydrogen-bond acceptors (Lipinski definition) is 3. The molecule has 5 heteroatoms. The molecule has 0 radical (unpaired) electrons. The Hall–Kier alpha value is -1.62. The predicted molar refractivity (Wildman–Crippen MR) is 71.1 cm³/mol. The summed E-state index contributed by atoms with van der Waals surface area (Å²) in [7, 11) is 2.98. The van der Waals surface area contributed by atoms with Crippen LogP contribution in [0.5, 0.6) is 0 Å². The van der Waals surface area contributed by atoms with Crippen LogP contribution in [-0.2, 0) is 11.3 Å². The van der Waals surface area contributed by atoms with Crippen LogP contribution in [0.4, 0.5) is 0 Å². The maximum atomic E-state index is 12.2. The average Bonchev–Trinajstić information content (AvgIpc) is 2.62. The SMILES string of the molecule is CON(C)C(=O)c1[nH]c2c(c1C)C(=O)CC(C)(C)C2. The van der Waals surface area contributed by atoms with Gasteiger partial charge in [-0.25, -0.2) is 5.06 Å². The number of nitrogens with one attached hydrogen (secondary N) is 1. The van der Waals surface area contributed by atoms with Gasteiger partial charge in [-0.3, -0.25) is 14.4 Å². The monoisotopic (exact) mass is 264 g/mol. The minimum atomic E-state index is -0.264. The molecule has 1 aromatic rings. The fourth-order valence-electron chi connectivity index (χ4n) is 2.69. The van der Waals surface area contributed by atoms with Crippen LogP contribution in [0.25, 0.3) is 0 Å². The van der Waals surface area contributed by atoms with Gasteiger partial charge in [0, 0.05) is 24.7 Å². The molecule has 0 aliphatic heterocycles. The molecule has 0 bridgehead atoms. The first kappa shape index (κ1) is 13.8. The number of amides is 1. The van der Waals surface area contributed by atoms with Crippen molar-refractivity contribution in [1.29, 1.82) is 0 Å². The van der Waals surface area contributed by atoms with Crippen LogP contribution in [0.15, 0.2) is 0 Å². The van der Waals surface area contributed by atoms with E-state index in [0.29, 0.717) is 17.7 Å². The number of hydroxylamine groups is 2. The van der Waals surface area contributed by atoms with Crippen molar-refractivity contribution >= 4 is 11.7 Å². The first-order valence-electron chi connectivity index (χ1n) is 6.33. The molecule has 19 heavy (non-hydrogen) atoms. The summed E-state index contributed by atoms with van der Waals surface area (Å²) < 4.78 is 0. The van der Waals surface area contributed by atoms with E-state index in [2.05, 4.69) is 18.8 Å². The Balaban J connectivity index is 2.47. The molecular weight excluding hydrogens is 244 g/mol. The molecule has 5 nitrogen and oxygen atoms in total. The van der Waals surface area contributed by atoms with Crippen molar-refractivity contribution in [2.45, 2.75) is 33.6 Å². The van der Waals surface area contributed by atoms with Crippen LogP contribution < -0.4 is 0 Å². The molecule has 1 heterocycles. The average molecular weight is 264 g/mol. The van der Waals surface area contributed by atoms with Gasteiger partial charge in [0.05, 0.1) is 7.11 Å². The van der Waals surface area contributed by atoms with E-state index in [1.807, 2.05) is 6.92 Å². The van der Waals surface area contributed by atoms with Gasteiger partial charge in [0.25, 0.3) is 5.91 Å². The van der Waals surface area contributed by atoms with E-state index in [4.69, 9.17) is 4.84 Å². The minimum absolute atomic E-state index is 0.0607. The quantitative estimate of drug-likeness (QED) is 0.832. The summed E-state index contributed by atoms with van der Waals surface area (Å²) in [5.41, 5.74) is 2.66. The lowest BCUT2D eigenvalue weighted by Crippen LogP contribution is -2.26. The number of aromatic nitrogens is 1. The van der Waals surface area contributed by atoms with Gasteiger partial charge in [0.15, 0.2) is 5.78 Å². The number of Topliss-reactive ketones (excluding diaryl/α,β-unsaturated/α-hetero) is 1. The highest BCUT2D eigenvalue weighted by Crippen LogP contribution is 2.36. The molecule has 1 aliphatic rings. The predicted octanol–water partition coefficient (Wildman–Crippen LogP) is 2.11. The zero-order valence-electron chi connectivity index (χ0n) is 12.1. The number of aromatic amines is 1. The first-order chi connectivity index (χ1) is 8.76. The number of fused-ring (bicyclic) bond motifs is 1. The van der Waals surface area contributed by atoms with E-state index in [1.54, 1.807) is 7.05 Å². The molecular formula is C14H20N2O3. The van der Waals surface area contributed by atoms with Gasteiger partial charge in [-0.2, -0.15) is 0 Å². The van der Waals surface area contributed by atoms with Crippen LogP contribution in [-0.4, -0.2) is 35.9 Å². The number of rotatable bonds is 2. The van der Waals surface area contributed by atoms with Gasteiger partial charge in [-0.05, 0) is 24.3 Å². The maximum Gasteiger partial charge on any atom is 0.293 e. The van der Waals surface area contributed by atoms with Crippen molar-refractivity contribution in [3.05, 3.63) is 22.5 Å². The molecule has 0 unspecified atom stereocenters. The molecule has 104 valence electrons. The molecule has 0 fully saturated rings. The van der Waals surface area contributed by atoms with E-state index in [9.17, 15) is 9.59 Å². The lowest BCUT2D eigenvalue weighted by Gasteiger charge is -2.28. The topological polar surface area (TPSA) is 62.4 Å². The summed E-state index contributed by atoms with van der Waals surface area (Å²) in [5.74, 6) is -0.154. The fourth-order valence-corrected chi connectivity index (χ4v) is 2.69. The highest BCUT2D eigenvalue weighted by molar-refractivity contribution is 6.04. The Kier molecular flexibility index (Phi) is 3.26. The second-order valence-electron chi connectivity index (χ2n) is 5.90. The number of ketones is 1. The zero-order chi connectivity index (χ0) is 14.4. The highest BCUT2D eigenvalue weighted by atomic mass is 16.7. The van der Waals surface area contributed by atoms with Crippen LogP contribution in [0.2, 0.25) is 0 Å². The fraction of sp³-hybridized carbons (Fsp3) is 0.571. The van der Waals surface area contributed by atoms with Gasteiger partial charge in [0.2, 0.25) is 0 Å².